The van der Waals surface area contributed by atoms with E-state index in [0.29, 0.717) is 142 Å². The maximum Gasteiger partial charge on any atom is 0.407 e. The Balaban J connectivity index is 0.634. The molecule has 3 fully saturated rings. The number of alkyl carbamates (subject to hydrolysis) is 1. The number of aromatic nitrogens is 1. The van der Waals surface area contributed by atoms with Crippen LogP contribution in [0.4, 0.5) is 15.0 Å². The minimum Gasteiger partial charge on any atom is -0.491 e. The van der Waals surface area contributed by atoms with Crippen LogP contribution in [0.5, 0.6) is 5.75 Å². The third kappa shape index (κ3) is 33.9. The first-order chi connectivity index (χ1) is 61.1. The summed E-state index contributed by atoms with van der Waals surface area (Å²) in [5, 5.41) is 39.7. The third-order valence-corrected chi connectivity index (χ3v) is 24.6. The molecule has 1 aromatic heterocycles. The van der Waals surface area contributed by atoms with E-state index in [9.17, 15) is 57.9 Å². The van der Waals surface area contributed by atoms with E-state index in [0.717, 1.165) is 27.2 Å². The Hall–Kier alpha value is -8.21. The van der Waals surface area contributed by atoms with Crippen molar-refractivity contribution in [2.45, 2.75) is 203 Å². The molecule has 2 bridgehead atoms. The van der Waals surface area contributed by atoms with E-state index < -0.39 is 131 Å². The van der Waals surface area contributed by atoms with Gasteiger partial charge in [0.15, 0.2) is 5.78 Å². The first-order valence-electron chi connectivity index (χ1n) is 44.3. The topological polar surface area (TPSA) is 439 Å². The number of esters is 1. The third-order valence-electron chi connectivity index (χ3n) is 23.2. The highest BCUT2D eigenvalue weighted by atomic mass is 32.2. The standard InChI is InChI=1S/C92H134FN7O26S/c1-60-15-10-9-11-16-61(2)77(113-7)56-70-17-14-28-92(111,126-70)87(106)89(108)100-31-13-12-18-73(100)90(109)124-78(57-74(101)62(3)52-64(5)85(104)86(105)84(103)63(4)51-60)72(94)53-66-19-23-76(79(54-66)114-8)125-91(110)97-29-34-116-37-39-118-41-43-120-45-47-122-49-48-121-46-44-119-42-40-117-38-36-115-33-27-82(102)96-30-50-127(112)80-25-22-71(65(6)83(80)93)88(107)99-32-35-123-75-24-20-67(55-69(75)59-99)68-21-26-81(95)98-58-68/h9-11,15-16,20-22,24-26,52,55,58,60,62-63,66,70,72-73,76-79,85-86,104-105,111H,12-14,17-19,23,27-51,53-54,56-57,59,94H2,1-8H3,(H2,95,98)(H,96,102)(H,97,110)/b11-9?,15-10+,61-16?,64-52+/t60-,62-,63-,66+,70+,72-,73+,76-,77+,78+,79-,85-,86+,92-,127?/m1/s1. The molecule has 4 aliphatic heterocycles. The highest BCUT2D eigenvalue weighted by Crippen LogP contribution is 2.37. The number of aliphatic hydroxyl groups is 3. The summed E-state index contributed by atoms with van der Waals surface area (Å²) in [5.41, 5.74) is 16.5. The number of Topliss-reactive ketones (excluding diaryl/α,β-unsaturated/α-hetero) is 3. The Kier molecular flexibility index (Phi) is 45.2. The molecule has 3 aromatic rings. The number of piperidine rings is 1. The summed E-state index contributed by atoms with van der Waals surface area (Å²) in [6.07, 6.45) is 8.31. The number of nitrogens with two attached hydrogens (primary N) is 2. The molecule has 4 amide bonds. The lowest BCUT2D eigenvalue weighted by Gasteiger charge is -2.40. The van der Waals surface area contributed by atoms with Crippen molar-refractivity contribution in [2.75, 3.05) is 164 Å². The van der Waals surface area contributed by atoms with E-state index >= 15 is 4.39 Å². The van der Waals surface area contributed by atoms with Crippen LogP contribution in [0, 0.1) is 36.4 Å². The van der Waals surface area contributed by atoms with Crippen LogP contribution in [-0.2, 0) is 108 Å². The van der Waals surface area contributed by atoms with E-state index in [1.807, 2.05) is 68.5 Å². The van der Waals surface area contributed by atoms with Gasteiger partial charge in [-0.05, 0) is 155 Å². The van der Waals surface area contributed by atoms with Gasteiger partial charge in [0.05, 0.1) is 146 Å². The lowest BCUT2D eigenvalue weighted by molar-refractivity contribution is -0.245. The fourth-order valence-corrected chi connectivity index (χ4v) is 16.9. The minimum absolute atomic E-state index is 0.00179. The quantitative estimate of drug-likeness (QED) is 0.0128. The Labute approximate surface area is 746 Å². The number of carbonyl (C=O) groups is 8. The molecule has 0 spiro atoms. The molecule has 9 N–H and O–H groups in total. The number of hydrogen-bond donors (Lipinski definition) is 7. The maximum absolute atomic E-state index is 15.7. The molecule has 0 radical (unpaired) electrons. The molecule has 2 saturated heterocycles. The fraction of sp³-hybridized carbons (Fsp3) is 0.641. The number of fused-ring (bicyclic) bond motifs is 4. The molecule has 1 unspecified atom stereocenters. The number of halogens is 1. The number of rotatable bonds is 39. The van der Waals surface area contributed by atoms with E-state index in [2.05, 4.69) is 15.6 Å². The monoisotopic (exact) mass is 1800 g/mol. The Morgan fingerprint density at radius 1 is 0.709 bits per heavy atom. The second-order valence-electron chi connectivity index (χ2n) is 32.8. The molecule has 33 nitrogen and oxygen atoms in total. The number of methoxy groups -OCH3 is 2. The van der Waals surface area contributed by atoms with Crippen LogP contribution in [0.3, 0.4) is 0 Å². The highest BCUT2D eigenvalue weighted by molar-refractivity contribution is 7.85. The van der Waals surface area contributed by atoms with Gasteiger partial charge in [-0.1, -0.05) is 63.3 Å². The minimum atomic E-state index is -2.47. The van der Waals surface area contributed by atoms with Gasteiger partial charge in [-0.3, -0.25) is 33.0 Å². The molecule has 1 saturated carbocycles. The number of cyclic esters (lactones) is 1. The second kappa shape index (κ2) is 55.1. The normalized spacial score (nSPS) is 25.9. The number of pyridine rings is 1. The molecular weight excluding hydrogens is 1670 g/mol. The number of hydrogen-bond acceptors (Lipinski definition) is 29. The van der Waals surface area contributed by atoms with Gasteiger partial charge in [-0.25, -0.2) is 19.0 Å². The number of aliphatic hydroxyl groups excluding tert-OH is 2. The SMILES string of the molecule is CO[C@H]1C[C@@H]2CCC[C@@](O)(O2)C(=O)C(=O)N2CCCC[C@H]2C(=O)O[C@H]([C@H](N)C[C@@H]2CC[C@@H](OC(=O)NCCOCCOCCOCCOCCOCCOCCOCCOCCC(=O)NCCS(=O)c3ccc(C(=O)N4CCOc5ccc(-c6ccc(N)nc6)cc5C4)c(C)c3F)[C@H](OC)C2)CC(=O)[C@H](C)/C=C(\C)[C@@H](O)[C@@H](O)C(=O)[C@H](C)C[C@H](C)/C=C/C=CC=C1C. The van der Waals surface area contributed by atoms with Crippen molar-refractivity contribution < 1.29 is 129 Å². The van der Waals surface area contributed by atoms with Gasteiger partial charge >= 0.3 is 12.1 Å². The zero-order valence-corrected chi connectivity index (χ0v) is 75.6. The molecule has 8 rings (SSSR count). The average molecular weight is 1810 g/mol. The van der Waals surface area contributed by atoms with Crippen molar-refractivity contribution >= 4 is 63.8 Å². The summed E-state index contributed by atoms with van der Waals surface area (Å²) in [6, 6.07) is 9.87. The molecule has 5 heterocycles. The summed E-state index contributed by atoms with van der Waals surface area (Å²) in [4.78, 5) is 117. The van der Waals surface area contributed by atoms with Crippen molar-refractivity contribution in [3.05, 3.63) is 119 Å². The number of nitrogen functional groups attached to an aromatic ring is 1. The Morgan fingerprint density at radius 2 is 1.36 bits per heavy atom. The Bertz CT molecular complexity index is 4160. The Morgan fingerprint density at radius 3 is 2.01 bits per heavy atom. The summed E-state index contributed by atoms with van der Waals surface area (Å²) in [5.74, 6) is -8.93. The first kappa shape index (κ1) is 104. The number of benzene rings is 2. The van der Waals surface area contributed by atoms with Crippen LogP contribution in [0.2, 0.25) is 0 Å². The molecule has 127 heavy (non-hydrogen) atoms. The predicted molar refractivity (Wildman–Crippen MR) is 468 cm³/mol. The number of ketones is 3. The molecule has 5 aliphatic rings. The predicted octanol–water partition coefficient (Wildman–Crippen LogP) is 7.28. The van der Waals surface area contributed by atoms with E-state index in [4.69, 9.17) is 77.8 Å². The fourth-order valence-electron chi connectivity index (χ4n) is 15.9. The largest absolute Gasteiger partial charge is 0.491 e. The number of nitrogens with one attached hydrogen (secondary N) is 2. The maximum atomic E-state index is 15.7. The number of ether oxygens (including phenoxy) is 14. The zero-order valence-electron chi connectivity index (χ0n) is 74.8. The van der Waals surface area contributed by atoms with Gasteiger partial charge in [0.2, 0.25) is 11.7 Å². The van der Waals surface area contributed by atoms with Crippen LogP contribution in [0.15, 0.2) is 101 Å². The van der Waals surface area contributed by atoms with E-state index in [-0.39, 0.29) is 149 Å². The van der Waals surface area contributed by atoms with Crippen LogP contribution in [0.25, 0.3) is 11.1 Å². The number of allylic oxidation sites excluding steroid dienone is 6. The van der Waals surface area contributed by atoms with Crippen LogP contribution in [0.1, 0.15) is 146 Å². The number of anilines is 1. The summed E-state index contributed by atoms with van der Waals surface area (Å²) < 4.78 is 109. The van der Waals surface area contributed by atoms with Gasteiger partial charge in [-0.2, -0.15) is 0 Å². The molecule has 15 atom stereocenters. The van der Waals surface area contributed by atoms with Gasteiger partial charge in [0, 0.05) is 113 Å². The van der Waals surface area contributed by atoms with Crippen molar-refractivity contribution in [2.24, 2.45) is 29.4 Å². The van der Waals surface area contributed by atoms with Crippen LogP contribution >= 0.6 is 0 Å². The van der Waals surface area contributed by atoms with Crippen molar-refractivity contribution in [3.63, 3.8) is 0 Å². The summed E-state index contributed by atoms with van der Waals surface area (Å²) in [7, 11) is 1.25. The average Bonchev–Trinajstić information content (AvgIpc) is 1.61. The second-order valence-corrected chi connectivity index (χ2v) is 34.4. The molecule has 706 valence electrons. The van der Waals surface area contributed by atoms with Gasteiger partial charge in [0.25, 0.3) is 17.6 Å². The van der Waals surface area contributed by atoms with Crippen molar-refractivity contribution in [1.82, 2.24) is 25.4 Å². The van der Waals surface area contributed by atoms with Crippen molar-refractivity contribution in [1.29, 1.82) is 0 Å². The number of carbonyl (C=O) groups excluding carboxylic acids is 8. The lowest BCUT2D eigenvalue weighted by atomic mass is 9.80. The zero-order chi connectivity index (χ0) is 91.8. The molecule has 2 aromatic carbocycles. The smallest absolute Gasteiger partial charge is 0.407 e. The first-order valence-corrected chi connectivity index (χ1v) is 45.6. The van der Waals surface area contributed by atoms with E-state index in [1.54, 1.807) is 38.1 Å². The van der Waals surface area contributed by atoms with Gasteiger partial charge in [-0.15, -0.1) is 0 Å². The number of nitrogens with zero attached hydrogens (tertiary/aromatic N) is 3. The molecule has 35 heteroatoms. The lowest BCUT2D eigenvalue weighted by Crippen LogP contribution is -2.58. The van der Waals surface area contributed by atoms with Crippen LogP contribution in [-0.4, -0.2) is 301 Å². The van der Waals surface area contributed by atoms with E-state index in [1.165, 1.54) is 39.2 Å². The van der Waals surface area contributed by atoms with Gasteiger partial charge < -0.3 is 114 Å². The summed E-state index contributed by atoms with van der Waals surface area (Å²) >= 11 is 0. The van der Waals surface area contributed by atoms with Crippen molar-refractivity contribution in [3.8, 4) is 16.9 Å². The summed E-state index contributed by atoms with van der Waals surface area (Å²) in [6.45, 7) is 16.0. The molecular formula is C92H134FN7O26S. The number of amides is 4. The molecule has 1 aliphatic carbocycles. The van der Waals surface area contributed by atoms with Crippen LogP contribution < -0.4 is 26.8 Å². The van der Waals surface area contributed by atoms with Gasteiger partial charge in [0.1, 0.15) is 60.2 Å². The highest BCUT2D eigenvalue weighted by Gasteiger charge is 2.50.